The molecule has 0 aromatic rings. The van der Waals surface area contributed by atoms with Crippen molar-refractivity contribution in [3.05, 3.63) is 0 Å². The smallest absolute Gasteiger partial charge is 0.330 e. The van der Waals surface area contributed by atoms with Crippen molar-refractivity contribution in [3.8, 4) is 0 Å². The van der Waals surface area contributed by atoms with E-state index in [1.165, 1.54) is 0 Å². The van der Waals surface area contributed by atoms with Gasteiger partial charge in [0.15, 0.2) is 0 Å². The summed E-state index contributed by atoms with van der Waals surface area (Å²) >= 11 is 0. The van der Waals surface area contributed by atoms with Crippen LogP contribution in [0.5, 0.6) is 0 Å². The molecule has 1 aliphatic carbocycles. The van der Waals surface area contributed by atoms with E-state index < -0.39 is 11.5 Å². The molecule has 0 atom stereocenters. The van der Waals surface area contributed by atoms with E-state index in [2.05, 4.69) is 0 Å². The lowest BCUT2D eigenvalue weighted by Gasteiger charge is -2.43. The van der Waals surface area contributed by atoms with Gasteiger partial charge in [0, 0.05) is 12.8 Å². The van der Waals surface area contributed by atoms with Crippen LogP contribution in [-0.4, -0.2) is 33.3 Å². The molecule has 1 aliphatic heterocycles. The van der Waals surface area contributed by atoms with Crippen molar-refractivity contribution in [2.75, 3.05) is 0 Å². The van der Waals surface area contributed by atoms with E-state index >= 15 is 0 Å². The molecule has 2 rings (SSSR count). The monoisotopic (exact) mass is 197 g/mol. The Bertz CT molecular complexity index is 303. The van der Waals surface area contributed by atoms with Crippen molar-refractivity contribution in [1.82, 2.24) is 4.90 Å². The number of carbonyl (C=O) groups excluding carboxylic acids is 2. The Morgan fingerprint density at radius 2 is 1.71 bits per heavy atom. The Morgan fingerprint density at radius 3 is 2.00 bits per heavy atom. The van der Waals surface area contributed by atoms with Crippen molar-refractivity contribution in [2.24, 2.45) is 0 Å². The van der Waals surface area contributed by atoms with Crippen LogP contribution in [0.25, 0.3) is 0 Å². The molecule has 0 aromatic carbocycles. The molecule has 14 heavy (non-hydrogen) atoms. The molecule has 0 unspecified atom stereocenters. The summed E-state index contributed by atoms with van der Waals surface area (Å²) in [7, 11) is 0. The van der Waals surface area contributed by atoms with Gasteiger partial charge in [-0.1, -0.05) is 0 Å². The van der Waals surface area contributed by atoms with Crippen molar-refractivity contribution in [3.63, 3.8) is 0 Å². The molecule has 1 saturated heterocycles. The molecule has 0 aromatic heterocycles. The van der Waals surface area contributed by atoms with Gasteiger partial charge in [-0.2, -0.15) is 0 Å². The third kappa shape index (κ3) is 0.981. The summed E-state index contributed by atoms with van der Waals surface area (Å²) in [6.07, 6.45) is 1.89. The zero-order valence-electron chi connectivity index (χ0n) is 7.65. The molecule has 1 saturated carbocycles. The lowest BCUT2D eigenvalue weighted by molar-refractivity contribution is -0.169. The van der Waals surface area contributed by atoms with Crippen LogP contribution < -0.4 is 0 Å². The maximum atomic E-state index is 11.4. The number of hydrogen-bond acceptors (Lipinski definition) is 3. The summed E-state index contributed by atoms with van der Waals surface area (Å²) in [6, 6.07) is 0. The summed E-state index contributed by atoms with van der Waals surface area (Å²) in [4.78, 5) is 34.7. The van der Waals surface area contributed by atoms with Crippen LogP contribution in [0.3, 0.4) is 0 Å². The van der Waals surface area contributed by atoms with Gasteiger partial charge in [0.2, 0.25) is 11.8 Å². The molecule has 2 aliphatic rings. The second-order valence-electron chi connectivity index (χ2n) is 3.81. The van der Waals surface area contributed by atoms with Crippen LogP contribution in [0.15, 0.2) is 0 Å². The Labute approximate surface area is 80.7 Å². The maximum Gasteiger partial charge on any atom is 0.330 e. The zero-order valence-corrected chi connectivity index (χ0v) is 7.65. The first-order chi connectivity index (χ1) is 6.58. The van der Waals surface area contributed by atoms with Crippen molar-refractivity contribution < 1.29 is 19.5 Å². The normalized spacial score (nSPS) is 25.0. The number of likely N-dealkylation sites (tertiary alicyclic amines) is 1. The van der Waals surface area contributed by atoms with E-state index in [1.54, 1.807) is 0 Å². The van der Waals surface area contributed by atoms with E-state index in [4.69, 9.17) is 5.11 Å². The van der Waals surface area contributed by atoms with Gasteiger partial charge in [-0.25, -0.2) is 4.79 Å². The number of aliphatic carboxylic acids is 1. The zero-order chi connectivity index (χ0) is 10.3. The number of amides is 2. The van der Waals surface area contributed by atoms with E-state index in [9.17, 15) is 14.4 Å². The maximum absolute atomic E-state index is 11.4. The molecule has 5 nitrogen and oxygen atoms in total. The molecule has 2 fully saturated rings. The van der Waals surface area contributed by atoms with E-state index in [0.29, 0.717) is 12.8 Å². The van der Waals surface area contributed by atoms with E-state index in [1.807, 2.05) is 0 Å². The standard InChI is InChI=1S/C9H11NO4/c11-6-2-3-7(12)10(6)9(8(13)14)4-1-5-9/h1-5H2,(H,13,14). The number of carboxylic acids is 1. The third-order valence-electron chi connectivity index (χ3n) is 3.06. The summed E-state index contributed by atoms with van der Waals surface area (Å²) in [5, 5.41) is 9.03. The molecule has 2 amide bonds. The second kappa shape index (κ2) is 2.80. The molecule has 1 heterocycles. The fourth-order valence-corrected chi connectivity index (χ4v) is 2.10. The van der Waals surface area contributed by atoms with Gasteiger partial charge < -0.3 is 5.11 Å². The Morgan fingerprint density at radius 1 is 1.21 bits per heavy atom. The Balaban J connectivity index is 2.31. The fourth-order valence-electron chi connectivity index (χ4n) is 2.10. The third-order valence-corrected chi connectivity index (χ3v) is 3.06. The van der Waals surface area contributed by atoms with Crippen LogP contribution in [0.2, 0.25) is 0 Å². The van der Waals surface area contributed by atoms with Gasteiger partial charge >= 0.3 is 5.97 Å². The Kier molecular flexibility index (Phi) is 1.83. The molecule has 5 heteroatoms. The highest BCUT2D eigenvalue weighted by atomic mass is 16.4. The highest BCUT2D eigenvalue weighted by Gasteiger charge is 2.55. The molecule has 0 bridgehead atoms. The number of nitrogens with zero attached hydrogens (tertiary/aromatic N) is 1. The quantitative estimate of drug-likeness (QED) is 0.639. The van der Waals surface area contributed by atoms with Gasteiger partial charge in [0.05, 0.1) is 0 Å². The van der Waals surface area contributed by atoms with Crippen molar-refractivity contribution >= 4 is 17.8 Å². The largest absolute Gasteiger partial charge is 0.479 e. The molecule has 76 valence electrons. The minimum absolute atomic E-state index is 0.161. The fraction of sp³-hybridized carbons (Fsp3) is 0.667. The average molecular weight is 197 g/mol. The van der Waals surface area contributed by atoms with Gasteiger partial charge in [0.25, 0.3) is 0 Å². The van der Waals surface area contributed by atoms with Crippen molar-refractivity contribution in [1.29, 1.82) is 0 Å². The minimum atomic E-state index is -1.20. The van der Waals surface area contributed by atoms with Gasteiger partial charge in [-0.15, -0.1) is 0 Å². The number of carbonyl (C=O) groups is 3. The van der Waals surface area contributed by atoms with Crippen molar-refractivity contribution in [2.45, 2.75) is 37.6 Å². The summed E-state index contributed by atoms with van der Waals surface area (Å²) < 4.78 is 0. The number of rotatable bonds is 2. The summed E-state index contributed by atoms with van der Waals surface area (Å²) in [5.74, 6) is -1.72. The first kappa shape index (κ1) is 9.18. The van der Waals surface area contributed by atoms with Crippen LogP contribution >= 0.6 is 0 Å². The van der Waals surface area contributed by atoms with E-state index in [0.717, 1.165) is 11.3 Å². The van der Waals surface area contributed by atoms with Gasteiger partial charge in [0.1, 0.15) is 5.54 Å². The molecule has 0 spiro atoms. The SMILES string of the molecule is O=C1CCC(=O)N1C1(C(=O)O)CCC1. The first-order valence-electron chi connectivity index (χ1n) is 4.67. The molecular weight excluding hydrogens is 186 g/mol. The van der Waals surface area contributed by atoms with Crippen LogP contribution in [-0.2, 0) is 14.4 Å². The van der Waals surface area contributed by atoms with Crippen LogP contribution in [0.4, 0.5) is 0 Å². The highest BCUT2D eigenvalue weighted by Crippen LogP contribution is 2.40. The lowest BCUT2D eigenvalue weighted by atomic mass is 9.75. The average Bonchev–Trinajstić information content (AvgIpc) is 2.33. The number of imide groups is 1. The number of hydrogen-bond donors (Lipinski definition) is 1. The molecule has 0 radical (unpaired) electrons. The van der Waals surface area contributed by atoms with E-state index in [-0.39, 0.29) is 24.7 Å². The topological polar surface area (TPSA) is 74.7 Å². The lowest BCUT2D eigenvalue weighted by Crippen LogP contribution is -2.61. The predicted molar refractivity (Wildman–Crippen MR) is 45.3 cm³/mol. The summed E-state index contributed by atoms with van der Waals surface area (Å²) in [5.41, 5.74) is -1.20. The predicted octanol–water partition coefficient (Wildman–Crippen LogP) is 0.143. The van der Waals surface area contributed by atoms with Gasteiger partial charge in [-0.05, 0) is 19.3 Å². The highest BCUT2D eigenvalue weighted by molar-refractivity contribution is 6.06. The first-order valence-corrected chi connectivity index (χ1v) is 4.67. The van der Waals surface area contributed by atoms with Crippen LogP contribution in [0.1, 0.15) is 32.1 Å². The molecular formula is C9H11NO4. The molecule has 1 N–H and O–H groups in total. The minimum Gasteiger partial charge on any atom is -0.479 e. The Hall–Kier alpha value is -1.39. The number of carboxylic acid groups (broad SMARTS) is 1. The second-order valence-corrected chi connectivity index (χ2v) is 3.81. The summed E-state index contributed by atoms with van der Waals surface area (Å²) in [6.45, 7) is 0. The van der Waals surface area contributed by atoms with Gasteiger partial charge in [-0.3, -0.25) is 14.5 Å². The van der Waals surface area contributed by atoms with Crippen LogP contribution in [0, 0.1) is 0 Å².